The van der Waals surface area contributed by atoms with E-state index in [-0.39, 0.29) is 24.0 Å². The van der Waals surface area contributed by atoms with Crippen molar-refractivity contribution in [3.05, 3.63) is 36.2 Å². The third kappa shape index (κ3) is 6.68. The molecule has 1 aromatic rings. The zero-order chi connectivity index (χ0) is 18.8. The summed E-state index contributed by atoms with van der Waals surface area (Å²) in [5, 5.41) is 0. The lowest BCUT2D eigenvalue weighted by atomic mass is 10.0. The monoisotopic (exact) mass is 387 g/mol. The number of ether oxygens (including phenoxy) is 3. The molecule has 1 saturated heterocycles. The Hall–Kier alpha value is -1.48. The van der Waals surface area contributed by atoms with Crippen molar-refractivity contribution in [3.8, 4) is 5.75 Å². The molecule has 146 valence electrons. The lowest BCUT2D eigenvalue weighted by Crippen LogP contribution is -2.16. The van der Waals surface area contributed by atoms with Gasteiger partial charge >= 0.3 is 0 Å². The number of nitrogens with two attached hydrogens (primary N) is 1. The number of benzene rings is 1. The zero-order valence-electron chi connectivity index (χ0n) is 14.7. The smallest absolute Gasteiger partial charge is 0.202 e. The van der Waals surface area contributed by atoms with Gasteiger partial charge in [-0.3, -0.25) is 0 Å². The van der Waals surface area contributed by atoms with Crippen molar-refractivity contribution in [2.75, 3.05) is 38.9 Å². The first-order chi connectivity index (χ1) is 12.5. The highest BCUT2D eigenvalue weighted by atomic mass is 32.2. The maximum atomic E-state index is 12.4. The molecule has 0 radical (unpaired) electrons. The largest absolute Gasteiger partial charge is 0.489 e. The van der Waals surface area contributed by atoms with Gasteiger partial charge in [-0.1, -0.05) is 0 Å². The summed E-state index contributed by atoms with van der Waals surface area (Å²) in [4.78, 5) is 0.161. The second-order valence-electron chi connectivity index (χ2n) is 6.24. The Morgan fingerprint density at radius 1 is 1.27 bits per heavy atom. The molecule has 0 aromatic heterocycles. The summed E-state index contributed by atoms with van der Waals surface area (Å²) in [5.41, 5.74) is 5.67. The average Bonchev–Trinajstić information content (AvgIpc) is 2.92. The van der Waals surface area contributed by atoms with E-state index >= 15 is 0 Å². The molecule has 1 atom stereocenters. The van der Waals surface area contributed by atoms with E-state index in [1.807, 2.05) is 0 Å². The summed E-state index contributed by atoms with van der Waals surface area (Å²) < 4.78 is 53.3. The van der Waals surface area contributed by atoms with Crippen LogP contribution < -0.4 is 10.5 Å². The highest BCUT2D eigenvalue weighted by molar-refractivity contribution is 7.91. The molecule has 1 aromatic carbocycles. The molecule has 0 spiro atoms. The van der Waals surface area contributed by atoms with E-state index in [4.69, 9.17) is 19.9 Å². The van der Waals surface area contributed by atoms with Gasteiger partial charge in [0, 0.05) is 25.3 Å². The fourth-order valence-corrected chi connectivity index (χ4v) is 3.59. The van der Waals surface area contributed by atoms with Crippen LogP contribution in [0.25, 0.3) is 0 Å². The molecule has 0 aliphatic carbocycles. The minimum Gasteiger partial charge on any atom is -0.489 e. The molecule has 2 N–H and O–H groups in total. The van der Waals surface area contributed by atoms with Crippen LogP contribution in [0.2, 0.25) is 0 Å². The highest BCUT2D eigenvalue weighted by Crippen LogP contribution is 2.20. The third-order valence-electron chi connectivity index (χ3n) is 4.19. The molecule has 8 heteroatoms. The van der Waals surface area contributed by atoms with E-state index in [9.17, 15) is 12.8 Å². The van der Waals surface area contributed by atoms with Gasteiger partial charge in [0.05, 0.1) is 17.8 Å². The molecule has 0 bridgehead atoms. The highest BCUT2D eigenvalue weighted by Gasteiger charge is 2.18. The average molecular weight is 387 g/mol. The van der Waals surface area contributed by atoms with Gasteiger partial charge in [0.2, 0.25) is 9.84 Å². The number of hydrogen-bond acceptors (Lipinski definition) is 6. The minimum atomic E-state index is -3.53. The quantitative estimate of drug-likeness (QED) is 0.700. The third-order valence-corrected chi connectivity index (χ3v) is 5.65. The topological polar surface area (TPSA) is 87.9 Å². The van der Waals surface area contributed by atoms with Crippen LogP contribution in [-0.4, -0.2) is 47.3 Å². The molecule has 0 saturated carbocycles. The molecule has 1 aliphatic heterocycles. The Morgan fingerprint density at radius 3 is 2.73 bits per heavy atom. The Morgan fingerprint density at radius 2 is 2.04 bits per heavy atom. The first-order valence-corrected chi connectivity index (χ1v) is 10.3. The van der Waals surface area contributed by atoms with Gasteiger partial charge in [-0.05, 0) is 49.4 Å². The second kappa shape index (κ2) is 10.6. The van der Waals surface area contributed by atoms with E-state index in [2.05, 4.69) is 0 Å². The van der Waals surface area contributed by atoms with Gasteiger partial charge in [-0.25, -0.2) is 12.8 Å². The van der Waals surface area contributed by atoms with Crippen molar-refractivity contribution in [2.45, 2.75) is 24.2 Å². The molecule has 26 heavy (non-hydrogen) atoms. The van der Waals surface area contributed by atoms with Crippen molar-refractivity contribution in [2.24, 2.45) is 11.7 Å². The molecular weight excluding hydrogens is 361 g/mol. The van der Waals surface area contributed by atoms with Crippen LogP contribution in [0.15, 0.2) is 41.1 Å². The normalized spacial score (nSPS) is 19.2. The van der Waals surface area contributed by atoms with E-state index in [0.717, 1.165) is 25.9 Å². The van der Waals surface area contributed by atoms with E-state index in [0.29, 0.717) is 36.8 Å². The lowest BCUT2D eigenvalue weighted by Gasteiger charge is -2.14. The van der Waals surface area contributed by atoms with Gasteiger partial charge in [0.15, 0.2) is 5.94 Å². The maximum absolute atomic E-state index is 12.4. The predicted octanol–water partition coefficient (Wildman–Crippen LogP) is 2.44. The van der Waals surface area contributed by atoms with Gasteiger partial charge < -0.3 is 19.9 Å². The van der Waals surface area contributed by atoms with Crippen LogP contribution in [0.4, 0.5) is 4.39 Å². The maximum Gasteiger partial charge on any atom is 0.202 e. The molecule has 0 amide bonds. The SMILES string of the molecule is NC/C(=C\F)COc1ccc(S(=O)(=O)COCC2CCCOCC2)cc1. The van der Waals surface area contributed by atoms with Crippen molar-refractivity contribution >= 4 is 9.84 Å². The number of hydrogen-bond donors (Lipinski definition) is 1. The van der Waals surface area contributed by atoms with Gasteiger partial charge in [-0.15, -0.1) is 0 Å². The van der Waals surface area contributed by atoms with Crippen molar-refractivity contribution in [1.29, 1.82) is 0 Å². The summed E-state index contributed by atoms with van der Waals surface area (Å²) in [6, 6.07) is 5.97. The van der Waals surface area contributed by atoms with Crippen LogP contribution in [0.3, 0.4) is 0 Å². The molecule has 6 nitrogen and oxygen atoms in total. The van der Waals surface area contributed by atoms with E-state index in [1.54, 1.807) is 0 Å². The summed E-state index contributed by atoms with van der Waals surface area (Å²) in [7, 11) is -3.53. The fraction of sp³-hybridized carbons (Fsp3) is 0.556. The zero-order valence-corrected chi connectivity index (χ0v) is 15.5. The van der Waals surface area contributed by atoms with Crippen LogP contribution in [0, 0.1) is 5.92 Å². The number of rotatable bonds is 9. The number of halogens is 1. The molecule has 1 unspecified atom stereocenters. The predicted molar refractivity (Wildman–Crippen MR) is 96.3 cm³/mol. The van der Waals surface area contributed by atoms with Crippen LogP contribution in [0.1, 0.15) is 19.3 Å². The fourth-order valence-electron chi connectivity index (χ4n) is 2.58. The summed E-state index contributed by atoms with van der Waals surface area (Å²) in [6.45, 7) is 1.96. The van der Waals surface area contributed by atoms with E-state index in [1.165, 1.54) is 24.3 Å². The van der Waals surface area contributed by atoms with Crippen molar-refractivity contribution in [1.82, 2.24) is 0 Å². The summed E-state index contributed by atoms with van der Waals surface area (Å²) in [5.74, 6) is 0.423. The van der Waals surface area contributed by atoms with E-state index < -0.39 is 9.84 Å². The van der Waals surface area contributed by atoms with Crippen LogP contribution in [-0.2, 0) is 19.3 Å². The Balaban J connectivity index is 1.84. The summed E-state index contributed by atoms with van der Waals surface area (Å²) >= 11 is 0. The lowest BCUT2D eigenvalue weighted by molar-refractivity contribution is 0.113. The Kier molecular flexibility index (Phi) is 8.50. The Bertz CT molecular complexity index is 667. The first-order valence-electron chi connectivity index (χ1n) is 8.64. The molecule has 1 aliphatic rings. The molecule has 1 fully saturated rings. The minimum absolute atomic E-state index is 0.0211. The molecular formula is C18H26FNO5S. The van der Waals surface area contributed by atoms with Crippen molar-refractivity contribution in [3.63, 3.8) is 0 Å². The summed E-state index contributed by atoms with van der Waals surface area (Å²) in [6.07, 6.45) is 3.27. The standard InChI is InChI=1S/C18H26FNO5S/c19-10-16(11-20)13-25-17-3-5-18(6-4-17)26(21,22)14-24-12-15-2-1-8-23-9-7-15/h3-6,10,15H,1-2,7-9,11-14,20H2/b16-10+. The van der Waals surface area contributed by atoms with Gasteiger partial charge in [0.25, 0.3) is 0 Å². The van der Waals surface area contributed by atoms with Crippen molar-refractivity contribution < 1.29 is 27.0 Å². The molecule has 1 heterocycles. The van der Waals surface area contributed by atoms with Gasteiger partial charge in [0.1, 0.15) is 12.4 Å². The van der Waals surface area contributed by atoms with Crippen LogP contribution in [0.5, 0.6) is 5.75 Å². The van der Waals surface area contributed by atoms with Gasteiger partial charge in [-0.2, -0.15) is 0 Å². The second-order valence-corrected chi connectivity index (χ2v) is 8.18. The first kappa shape index (κ1) is 20.8. The van der Waals surface area contributed by atoms with Crippen LogP contribution >= 0.6 is 0 Å². The Labute approximate surface area is 154 Å². The molecule has 2 rings (SSSR count). The number of sulfone groups is 1.